The van der Waals surface area contributed by atoms with Crippen LogP contribution in [-0.2, 0) is 27.6 Å². The number of amides is 1. The van der Waals surface area contributed by atoms with Crippen molar-refractivity contribution in [1.29, 1.82) is 0 Å². The van der Waals surface area contributed by atoms with Crippen LogP contribution in [0.15, 0.2) is 54.6 Å². The highest BCUT2D eigenvalue weighted by atomic mass is 32.2. The Morgan fingerprint density at radius 3 is 2.43 bits per heavy atom. The van der Waals surface area contributed by atoms with E-state index in [2.05, 4.69) is 5.32 Å². The molecule has 2 aromatic carbocycles. The topological polar surface area (TPSA) is 119 Å². The van der Waals surface area contributed by atoms with Crippen molar-refractivity contribution in [2.75, 3.05) is 16.8 Å². The van der Waals surface area contributed by atoms with Crippen molar-refractivity contribution in [3.63, 3.8) is 0 Å². The van der Waals surface area contributed by atoms with E-state index in [0.29, 0.717) is 12.1 Å². The predicted molar refractivity (Wildman–Crippen MR) is 107 cm³/mol. The Morgan fingerprint density at radius 1 is 1.07 bits per heavy atom. The van der Waals surface area contributed by atoms with Crippen molar-refractivity contribution in [3.05, 3.63) is 65.7 Å². The lowest BCUT2D eigenvalue weighted by molar-refractivity contribution is 0.0923. The van der Waals surface area contributed by atoms with Crippen molar-refractivity contribution in [2.45, 2.75) is 25.2 Å². The zero-order valence-corrected chi connectivity index (χ0v) is 16.1. The van der Waals surface area contributed by atoms with Crippen molar-refractivity contribution in [2.24, 2.45) is 11.7 Å². The van der Waals surface area contributed by atoms with E-state index in [1.54, 1.807) is 24.3 Å². The molecule has 0 bridgehead atoms. The van der Waals surface area contributed by atoms with Crippen LogP contribution in [-0.4, -0.2) is 43.3 Å². The van der Waals surface area contributed by atoms with Gasteiger partial charge in [-0.15, -0.1) is 0 Å². The Kier molecular flexibility index (Phi) is 6.33. The van der Waals surface area contributed by atoms with Gasteiger partial charge in [-0.1, -0.05) is 42.5 Å². The summed E-state index contributed by atoms with van der Waals surface area (Å²) in [4.78, 5) is 11.9. The van der Waals surface area contributed by atoms with Crippen molar-refractivity contribution < 1.29 is 23.1 Å². The fourth-order valence-electron chi connectivity index (χ4n) is 3.32. The van der Waals surface area contributed by atoms with Gasteiger partial charge in [0.25, 0.3) is 0 Å². The maximum Gasteiger partial charge on any atom is 0.411 e. The molecular formula is C20H24N2O5S. The highest BCUT2D eigenvalue weighted by molar-refractivity contribution is 7.91. The number of hydrogen-bond acceptors (Lipinski definition) is 6. The minimum atomic E-state index is -3.25. The number of hydrogen-bond donors (Lipinski definition) is 3. The molecule has 3 rings (SSSR count). The highest BCUT2D eigenvalue weighted by Crippen LogP contribution is 2.23. The maximum absolute atomic E-state index is 11.9. The molecule has 1 amide bonds. The number of ether oxygens (including phenoxy) is 1. The van der Waals surface area contributed by atoms with E-state index in [4.69, 9.17) is 10.5 Å². The molecule has 1 heterocycles. The molecule has 0 radical (unpaired) electrons. The molecule has 1 fully saturated rings. The maximum atomic E-state index is 11.9. The van der Waals surface area contributed by atoms with Crippen LogP contribution < -0.4 is 11.1 Å². The number of anilines is 1. The number of aliphatic hydroxyl groups excluding tert-OH is 1. The monoisotopic (exact) mass is 404 g/mol. The smallest absolute Gasteiger partial charge is 0.411 e. The summed E-state index contributed by atoms with van der Waals surface area (Å²) in [6.07, 6.45) is -1.02. The summed E-state index contributed by atoms with van der Waals surface area (Å²) in [5.41, 5.74) is 8.08. The second-order valence-corrected chi connectivity index (χ2v) is 9.23. The van der Waals surface area contributed by atoms with E-state index in [1.807, 2.05) is 30.3 Å². The van der Waals surface area contributed by atoms with E-state index in [9.17, 15) is 18.3 Å². The van der Waals surface area contributed by atoms with Crippen LogP contribution >= 0.6 is 0 Å². The second kappa shape index (κ2) is 8.72. The number of nitrogens with two attached hydrogens (primary N) is 1. The molecule has 1 aliphatic rings. The third kappa shape index (κ3) is 5.54. The molecule has 0 aliphatic carbocycles. The van der Waals surface area contributed by atoms with Gasteiger partial charge in [-0.25, -0.2) is 13.2 Å². The Hall–Kier alpha value is -2.42. The van der Waals surface area contributed by atoms with Crippen molar-refractivity contribution in [1.82, 2.24) is 0 Å². The van der Waals surface area contributed by atoms with Gasteiger partial charge in [-0.2, -0.15) is 0 Å². The van der Waals surface area contributed by atoms with Gasteiger partial charge >= 0.3 is 6.09 Å². The largest absolute Gasteiger partial charge is 0.444 e. The normalized spacial score (nSPS) is 23.7. The van der Waals surface area contributed by atoms with E-state index >= 15 is 0 Å². The second-order valence-electron chi connectivity index (χ2n) is 7.08. The van der Waals surface area contributed by atoms with Crippen LogP contribution in [0.2, 0.25) is 0 Å². The lowest BCUT2D eigenvalue weighted by atomic mass is 9.91. The molecule has 0 aromatic heterocycles. The standard InChI is InChI=1S/C20H24N2O5S/c21-18-13-28(25,26)12-16(19(18)23)10-14-6-8-17(9-7-14)22-20(24)27-11-15-4-2-1-3-5-15/h1-9,16,18-19,23H,10-13,21H2,(H,22,24)/t16-,18+,19+/m1/s1. The lowest BCUT2D eigenvalue weighted by Gasteiger charge is -2.32. The Bertz CT molecular complexity index is 900. The first-order valence-electron chi connectivity index (χ1n) is 9.03. The molecular weight excluding hydrogens is 380 g/mol. The number of nitrogens with one attached hydrogen (secondary N) is 1. The van der Waals surface area contributed by atoms with Gasteiger partial charge in [-0.3, -0.25) is 5.32 Å². The van der Waals surface area contributed by atoms with Gasteiger partial charge in [0.1, 0.15) is 6.61 Å². The van der Waals surface area contributed by atoms with Crippen LogP contribution in [0.25, 0.3) is 0 Å². The summed E-state index contributed by atoms with van der Waals surface area (Å²) in [5.74, 6) is -0.699. The molecule has 7 nitrogen and oxygen atoms in total. The van der Waals surface area contributed by atoms with E-state index in [1.165, 1.54) is 0 Å². The van der Waals surface area contributed by atoms with Gasteiger partial charge in [0, 0.05) is 17.6 Å². The van der Waals surface area contributed by atoms with Gasteiger partial charge in [0.05, 0.1) is 17.6 Å². The number of benzene rings is 2. The summed E-state index contributed by atoms with van der Waals surface area (Å²) < 4.78 is 29.0. The summed E-state index contributed by atoms with van der Waals surface area (Å²) in [7, 11) is -3.25. The molecule has 28 heavy (non-hydrogen) atoms. The number of rotatable bonds is 5. The molecule has 0 unspecified atom stereocenters. The number of carbonyl (C=O) groups excluding carboxylic acids is 1. The summed E-state index contributed by atoms with van der Waals surface area (Å²) in [6.45, 7) is 0.180. The van der Waals surface area contributed by atoms with E-state index in [0.717, 1.165) is 11.1 Å². The summed E-state index contributed by atoms with van der Waals surface area (Å²) in [6, 6.07) is 15.6. The summed E-state index contributed by atoms with van der Waals surface area (Å²) in [5, 5.41) is 12.8. The molecule has 4 N–H and O–H groups in total. The molecule has 8 heteroatoms. The molecule has 0 spiro atoms. The Balaban J connectivity index is 1.54. The highest BCUT2D eigenvalue weighted by Gasteiger charge is 2.37. The van der Waals surface area contributed by atoms with Gasteiger partial charge < -0.3 is 15.6 Å². The molecule has 1 aliphatic heterocycles. The van der Waals surface area contributed by atoms with Crippen LogP contribution in [0.1, 0.15) is 11.1 Å². The zero-order chi connectivity index (χ0) is 20.1. The minimum Gasteiger partial charge on any atom is -0.444 e. The number of carbonyl (C=O) groups is 1. The molecule has 0 saturated carbocycles. The number of sulfone groups is 1. The summed E-state index contributed by atoms with van der Waals surface area (Å²) >= 11 is 0. The van der Waals surface area contributed by atoms with Crippen LogP contribution in [0.5, 0.6) is 0 Å². The van der Waals surface area contributed by atoms with Gasteiger partial charge in [0.15, 0.2) is 9.84 Å². The van der Waals surface area contributed by atoms with Crippen LogP contribution in [0.3, 0.4) is 0 Å². The molecule has 1 saturated heterocycles. The van der Waals surface area contributed by atoms with Gasteiger partial charge in [0.2, 0.25) is 0 Å². The van der Waals surface area contributed by atoms with Crippen LogP contribution in [0, 0.1) is 5.92 Å². The van der Waals surface area contributed by atoms with E-state index in [-0.39, 0.29) is 18.1 Å². The zero-order valence-electron chi connectivity index (χ0n) is 15.3. The lowest BCUT2D eigenvalue weighted by Crippen LogP contribution is -2.52. The Morgan fingerprint density at radius 2 is 1.75 bits per heavy atom. The first-order valence-corrected chi connectivity index (χ1v) is 10.9. The average Bonchev–Trinajstić information content (AvgIpc) is 2.66. The van der Waals surface area contributed by atoms with Crippen LogP contribution in [0.4, 0.5) is 10.5 Å². The average molecular weight is 404 g/mol. The SMILES string of the molecule is N[C@H]1CS(=O)(=O)C[C@@H](Cc2ccc(NC(=O)OCc3ccccc3)cc2)[C@@H]1O. The van der Waals surface area contributed by atoms with Crippen molar-refractivity contribution in [3.8, 4) is 0 Å². The molecule has 3 atom stereocenters. The minimum absolute atomic E-state index is 0.0757. The third-order valence-electron chi connectivity index (χ3n) is 4.75. The Labute approximate surface area is 164 Å². The van der Waals surface area contributed by atoms with Gasteiger partial charge in [-0.05, 0) is 29.7 Å². The third-order valence-corrected chi connectivity index (χ3v) is 6.58. The quantitative estimate of drug-likeness (QED) is 0.698. The fourth-order valence-corrected chi connectivity index (χ4v) is 5.20. The predicted octanol–water partition coefficient (Wildman–Crippen LogP) is 1.71. The fraction of sp³-hybridized carbons (Fsp3) is 0.350. The molecule has 2 aromatic rings. The first-order chi connectivity index (χ1) is 13.3. The van der Waals surface area contributed by atoms with E-state index < -0.39 is 34.0 Å². The number of aliphatic hydroxyl groups is 1. The van der Waals surface area contributed by atoms with Crippen molar-refractivity contribution >= 4 is 21.6 Å². The molecule has 150 valence electrons. The first kappa shape index (κ1) is 20.3.